The minimum atomic E-state index is -1.66. The number of aromatic nitrogens is 1. The van der Waals surface area contributed by atoms with Crippen LogP contribution in [0.25, 0.3) is 10.2 Å². The highest BCUT2D eigenvalue weighted by atomic mass is 32.1. The Bertz CT molecular complexity index is 1040. The highest BCUT2D eigenvalue weighted by Gasteiger charge is 2.35. The summed E-state index contributed by atoms with van der Waals surface area (Å²) in [5.74, 6) is -1.63. The fraction of sp³-hybridized carbons (Fsp3) is 0.318. The van der Waals surface area contributed by atoms with Crippen molar-refractivity contribution in [1.29, 1.82) is 0 Å². The molecule has 1 aliphatic rings. The molecule has 1 saturated heterocycles. The van der Waals surface area contributed by atoms with Crippen molar-refractivity contribution in [3.05, 3.63) is 64.9 Å². The number of hydrogen-bond donors (Lipinski definition) is 2. The Kier molecular flexibility index (Phi) is 5.90. The van der Waals surface area contributed by atoms with E-state index in [1.54, 1.807) is 6.07 Å². The molecular formula is C22H21FN2O4S. The van der Waals surface area contributed by atoms with Gasteiger partial charge in [0.1, 0.15) is 16.9 Å². The molecule has 1 amide bonds. The lowest BCUT2D eigenvalue weighted by Crippen LogP contribution is -2.48. The number of carbonyl (C=O) groups excluding carboxylic acids is 2. The quantitative estimate of drug-likeness (QED) is 0.610. The molecule has 3 aromatic rings. The molecule has 3 atom stereocenters. The topological polar surface area (TPSA) is 90.7 Å². The van der Waals surface area contributed by atoms with Crippen molar-refractivity contribution in [1.82, 2.24) is 9.88 Å². The first-order valence-corrected chi connectivity index (χ1v) is 10.6. The van der Waals surface area contributed by atoms with Crippen molar-refractivity contribution in [2.45, 2.75) is 25.0 Å². The minimum Gasteiger partial charge on any atom is -0.383 e. The van der Waals surface area contributed by atoms with Gasteiger partial charge in [-0.05, 0) is 49.2 Å². The largest absolute Gasteiger partial charge is 0.383 e. The van der Waals surface area contributed by atoms with Crippen LogP contribution in [0.2, 0.25) is 0 Å². The predicted molar refractivity (Wildman–Crippen MR) is 111 cm³/mol. The lowest BCUT2D eigenvalue weighted by Gasteiger charge is -2.34. The standard InChI is InChI=1S/C22H21FN2O4S/c23-15-9-7-13(8-10-15)18(26)14-4-3-11-25(12-14)22(29)20(28)19(27)21-24-16-5-1-2-6-17(16)30-21/h1-2,5-10,14,19-20,27-28H,3-4,11-12H2/t14-,19-,20+/m1/s1. The molecule has 2 N–H and O–H groups in total. The van der Waals surface area contributed by atoms with Crippen LogP contribution >= 0.6 is 11.3 Å². The van der Waals surface area contributed by atoms with Gasteiger partial charge in [-0.3, -0.25) is 9.59 Å². The summed E-state index contributed by atoms with van der Waals surface area (Å²) in [4.78, 5) is 31.3. The molecule has 2 heterocycles. The first-order chi connectivity index (χ1) is 14.4. The van der Waals surface area contributed by atoms with E-state index in [-0.39, 0.29) is 17.3 Å². The number of aliphatic hydroxyl groups excluding tert-OH is 2. The average Bonchev–Trinajstić information content (AvgIpc) is 3.22. The van der Waals surface area contributed by atoms with Gasteiger partial charge in [-0.15, -0.1) is 11.3 Å². The van der Waals surface area contributed by atoms with Gasteiger partial charge in [-0.2, -0.15) is 0 Å². The van der Waals surface area contributed by atoms with Gasteiger partial charge in [0.15, 0.2) is 11.9 Å². The maximum Gasteiger partial charge on any atom is 0.254 e. The number of ketones is 1. The van der Waals surface area contributed by atoms with Crippen molar-refractivity contribution in [3.8, 4) is 0 Å². The fourth-order valence-corrected chi connectivity index (χ4v) is 4.70. The maximum atomic E-state index is 13.1. The zero-order valence-corrected chi connectivity index (χ0v) is 16.9. The first kappa shape index (κ1) is 20.6. The van der Waals surface area contributed by atoms with Crippen LogP contribution in [0.4, 0.5) is 4.39 Å². The predicted octanol–water partition coefficient (Wildman–Crippen LogP) is 2.95. The normalized spacial score (nSPS) is 18.9. The highest BCUT2D eigenvalue weighted by molar-refractivity contribution is 7.18. The fourth-order valence-electron chi connectivity index (χ4n) is 3.71. The second-order valence-electron chi connectivity index (χ2n) is 7.40. The van der Waals surface area contributed by atoms with Crippen LogP contribution < -0.4 is 0 Å². The summed E-state index contributed by atoms with van der Waals surface area (Å²) >= 11 is 1.23. The summed E-state index contributed by atoms with van der Waals surface area (Å²) in [6.45, 7) is 0.550. The molecule has 1 aromatic heterocycles. The van der Waals surface area contributed by atoms with E-state index in [0.29, 0.717) is 30.5 Å². The number of benzene rings is 2. The number of carbonyl (C=O) groups is 2. The van der Waals surface area contributed by atoms with Gasteiger partial charge in [0.25, 0.3) is 5.91 Å². The molecule has 0 bridgehead atoms. The zero-order chi connectivity index (χ0) is 21.3. The number of Topliss-reactive ketones (excluding diaryl/α,β-unsaturated/α-hetero) is 1. The lowest BCUT2D eigenvalue weighted by molar-refractivity contribution is -0.148. The Labute approximate surface area is 176 Å². The molecule has 0 spiro atoms. The van der Waals surface area contributed by atoms with E-state index in [1.807, 2.05) is 18.2 Å². The molecule has 0 radical (unpaired) electrons. The van der Waals surface area contributed by atoms with Crippen molar-refractivity contribution in [3.63, 3.8) is 0 Å². The molecule has 8 heteroatoms. The van der Waals surface area contributed by atoms with E-state index in [4.69, 9.17) is 0 Å². The number of nitrogens with zero attached hydrogens (tertiary/aromatic N) is 2. The highest BCUT2D eigenvalue weighted by Crippen LogP contribution is 2.29. The monoisotopic (exact) mass is 428 g/mol. The van der Waals surface area contributed by atoms with Crippen molar-refractivity contribution >= 4 is 33.2 Å². The lowest BCUT2D eigenvalue weighted by atomic mass is 9.89. The molecule has 6 nitrogen and oxygen atoms in total. The van der Waals surface area contributed by atoms with Crippen LogP contribution in [-0.2, 0) is 4.79 Å². The molecule has 4 rings (SSSR count). The van der Waals surface area contributed by atoms with E-state index in [9.17, 15) is 24.2 Å². The van der Waals surface area contributed by atoms with Crippen LogP contribution in [0.15, 0.2) is 48.5 Å². The number of hydrogen-bond acceptors (Lipinski definition) is 6. The van der Waals surface area contributed by atoms with Crippen molar-refractivity contribution in [2.75, 3.05) is 13.1 Å². The summed E-state index contributed by atoms with van der Waals surface area (Å²) < 4.78 is 14.0. The number of aliphatic hydroxyl groups is 2. The number of thiazole rings is 1. The number of fused-ring (bicyclic) bond motifs is 1. The third-order valence-corrected chi connectivity index (χ3v) is 6.46. The van der Waals surface area contributed by atoms with E-state index >= 15 is 0 Å². The third kappa shape index (κ3) is 4.12. The molecule has 2 aromatic carbocycles. The summed E-state index contributed by atoms with van der Waals surface area (Å²) in [7, 11) is 0. The maximum absolute atomic E-state index is 13.1. The van der Waals surface area contributed by atoms with Gasteiger partial charge < -0.3 is 15.1 Å². The Morgan fingerprint density at radius 3 is 2.60 bits per heavy atom. The second kappa shape index (κ2) is 8.59. The molecular weight excluding hydrogens is 407 g/mol. The number of amides is 1. The van der Waals surface area contributed by atoms with Gasteiger partial charge in [-0.1, -0.05) is 12.1 Å². The Balaban J connectivity index is 1.45. The van der Waals surface area contributed by atoms with Crippen molar-refractivity contribution < 1.29 is 24.2 Å². The van der Waals surface area contributed by atoms with Crippen LogP contribution in [0.5, 0.6) is 0 Å². The molecule has 30 heavy (non-hydrogen) atoms. The minimum absolute atomic E-state index is 0.151. The SMILES string of the molecule is O=C(c1ccc(F)cc1)[C@@H]1CCCN(C(=O)[C@@H](O)[C@@H](O)c2nc3ccccc3s2)C1. The second-order valence-corrected chi connectivity index (χ2v) is 8.47. The van der Waals surface area contributed by atoms with E-state index in [2.05, 4.69) is 4.98 Å². The first-order valence-electron chi connectivity index (χ1n) is 9.74. The van der Waals surface area contributed by atoms with Crippen LogP contribution in [-0.4, -0.2) is 51.0 Å². The molecule has 156 valence electrons. The zero-order valence-electron chi connectivity index (χ0n) is 16.1. The van der Waals surface area contributed by atoms with Crippen LogP contribution in [0.1, 0.15) is 34.3 Å². The van der Waals surface area contributed by atoms with Gasteiger partial charge in [-0.25, -0.2) is 9.37 Å². The molecule has 1 fully saturated rings. The van der Waals surface area contributed by atoms with Crippen LogP contribution in [0, 0.1) is 11.7 Å². The molecule has 0 aliphatic carbocycles. The average molecular weight is 428 g/mol. The smallest absolute Gasteiger partial charge is 0.254 e. The number of likely N-dealkylation sites (tertiary alicyclic amines) is 1. The summed E-state index contributed by atoms with van der Waals surface area (Å²) in [5, 5.41) is 21.3. The van der Waals surface area contributed by atoms with Gasteiger partial charge in [0.05, 0.1) is 10.2 Å². The summed E-state index contributed by atoms with van der Waals surface area (Å²) in [5.41, 5.74) is 1.09. The summed E-state index contributed by atoms with van der Waals surface area (Å²) in [6, 6.07) is 12.7. The van der Waals surface area contributed by atoms with Gasteiger partial charge in [0, 0.05) is 24.6 Å². The van der Waals surface area contributed by atoms with E-state index in [1.165, 1.54) is 40.5 Å². The van der Waals surface area contributed by atoms with Gasteiger partial charge >= 0.3 is 0 Å². The van der Waals surface area contributed by atoms with Crippen molar-refractivity contribution in [2.24, 2.45) is 5.92 Å². The Morgan fingerprint density at radius 2 is 1.87 bits per heavy atom. The van der Waals surface area contributed by atoms with E-state index in [0.717, 1.165) is 4.70 Å². The molecule has 1 aliphatic heterocycles. The number of halogens is 1. The molecule has 0 unspecified atom stereocenters. The third-order valence-electron chi connectivity index (χ3n) is 5.35. The summed E-state index contributed by atoms with van der Waals surface area (Å²) in [6.07, 6.45) is -1.89. The van der Waals surface area contributed by atoms with E-state index < -0.39 is 29.9 Å². The number of rotatable bonds is 5. The van der Waals surface area contributed by atoms with Crippen LogP contribution in [0.3, 0.4) is 0 Å². The van der Waals surface area contributed by atoms with Gasteiger partial charge in [0.2, 0.25) is 0 Å². The number of piperidine rings is 1. The Morgan fingerprint density at radius 1 is 1.13 bits per heavy atom. The molecule has 0 saturated carbocycles. The Hall–Kier alpha value is -2.68. The number of para-hydroxylation sites is 1.